The molecule has 0 aliphatic heterocycles. The summed E-state index contributed by atoms with van der Waals surface area (Å²) in [5.74, 6) is 0. The van der Waals surface area contributed by atoms with Gasteiger partial charge in [-0.05, 0) is 84.0 Å². The van der Waals surface area contributed by atoms with E-state index in [0.717, 1.165) is 61.3 Å². The molecule has 0 saturated carbocycles. The molecule has 0 unspecified atom stereocenters. The Balaban J connectivity index is 0. The van der Waals surface area contributed by atoms with E-state index in [0.29, 0.717) is 5.02 Å². The number of aromatic nitrogens is 1. The molecule has 39 heavy (non-hydrogen) atoms. The van der Waals surface area contributed by atoms with Crippen molar-refractivity contribution < 1.29 is 55.8 Å². The van der Waals surface area contributed by atoms with Crippen molar-refractivity contribution in [2.75, 3.05) is 0 Å². The molecule has 3 nitrogen and oxygen atoms in total. The van der Waals surface area contributed by atoms with Crippen LogP contribution in [0.1, 0.15) is 86.3 Å². The van der Waals surface area contributed by atoms with E-state index in [1.165, 1.54) is 33.4 Å². The predicted octanol–water partition coefficient (Wildman–Crippen LogP) is -0.380. The van der Waals surface area contributed by atoms with Gasteiger partial charge in [-0.2, -0.15) is 0 Å². The monoisotopic (exact) mass is 643 g/mol. The van der Waals surface area contributed by atoms with Gasteiger partial charge in [0, 0.05) is 5.02 Å². The van der Waals surface area contributed by atoms with E-state index in [2.05, 4.69) is 65.8 Å². The second-order valence-corrected chi connectivity index (χ2v) is 9.23. The smallest absolute Gasteiger partial charge is 1.00 e. The van der Waals surface area contributed by atoms with Gasteiger partial charge in [0.05, 0.1) is 35.2 Å². The van der Waals surface area contributed by atoms with E-state index in [-0.39, 0.29) is 55.8 Å². The van der Waals surface area contributed by atoms with Gasteiger partial charge in [-0.3, -0.25) is 9.98 Å². The second-order valence-electron chi connectivity index (χ2n) is 8.80. The van der Waals surface area contributed by atoms with Crippen molar-refractivity contribution in [2.45, 2.75) is 80.1 Å². The quantitative estimate of drug-likeness (QED) is 0.278. The Labute approximate surface area is 270 Å². The fourth-order valence-corrected chi connectivity index (χ4v) is 4.64. The third kappa shape index (κ3) is 10.5. The Morgan fingerprint density at radius 2 is 0.872 bits per heavy atom. The van der Waals surface area contributed by atoms with Gasteiger partial charge in [0.15, 0.2) is 0 Å². The SMILES string of the molecule is CCc1cc(CC)c(N=Cc2cc(Cl)cc(C=Nc3c(CC)cc(CC)cc3CC)n2)c(CC)c1.[Cl-].[Cl-].[Cl-].[V+3]. The van der Waals surface area contributed by atoms with E-state index >= 15 is 0 Å². The minimum atomic E-state index is 0. The molecule has 3 aromatic rings. The molecule has 0 N–H and O–H groups in total. The van der Waals surface area contributed by atoms with Crippen molar-refractivity contribution in [3.05, 3.63) is 86.2 Å². The standard InChI is InChI=1S/C31H38ClN3.3ClH.V/c1-7-21-13-23(9-3)30(24(10-4)14-21)33-19-28-17-27(32)18-29(35-28)20-34-31-25(11-5)15-22(8-2)16-26(31)12-6;;;;/h13-20H,7-12H2,1-6H3;3*1H;/q;;;;+3/p-3. The van der Waals surface area contributed by atoms with Crippen LogP contribution in [0.2, 0.25) is 5.02 Å². The summed E-state index contributed by atoms with van der Waals surface area (Å²) in [6.45, 7) is 13.1. The third-order valence-electron chi connectivity index (χ3n) is 6.48. The molecule has 0 aliphatic rings. The Hall–Kier alpha value is -1.33. The zero-order chi connectivity index (χ0) is 25.4. The number of aryl methyl sites for hydroxylation is 6. The van der Waals surface area contributed by atoms with Crippen LogP contribution >= 0.6 is 11.6 Å². The molecule has 2 aromatic carbocycles. The molecule has 0 spiro atoms. The maximum atomic E-state index is 6.46. The number of halogens is 4. The maximum absolute atomic E-state index is 6.46. The first kappa shape index (κ1) is 39.8. The summed E-state index contributed by atoms with van der Waals surface area (Å²) < 4.78 is 0. The molecular formula is C31H38Cl4N3V. The molecular weight excluding hydrogens is 607 g/mol. The van der Waals surface area contributed by atoms with Crippen molar-refractivity contribution in [2.24, 2.45) is 9.98 Å². The van der Waals surface area contributed by atoms with Crippen LogP contribution in [0.3, 0.4) is 0 Å². The molecule has 0 aliphatic carbocycles. The zero-order valence-corrected chi connectivity index (χ0v) is 28.1. The van der Waals surface area contributed by atoms with Crippen LogP contribution < -0.4 is 37.2 Å². The Morgan fingerprint density at radius 1 is 0.564 bits per heavy atom. The van der Waals surface area contributed by atoms with Crippen molar-refractivity contribution in [1.82, 2.24) is 4.98 Å². The molecule has 0 bridgehead atoms. The van der Waals surface area contributed by atoms with Crippen LogP contribution in [-0.2, 0) is 57.1 Å². The fourth-order valence-electron chi connectivity index (χ4n) is 4.41. The molecule has 3 rings (SSSR count). The Morgan fingerprint density at radius 3 is 1.13 bits per heavy atom. The first-order valence-corrected chi connectivity index (χ1v) is 13.4. The summed E-state index contributed by atoms with van der Waals surface area (Å²) in [7, 11) is 0. The molecule has 8 heteroatoms. The normalized spacial score (nSPS) is 10.5. The molecule has 1 heterocycles. The summed E-state index contributed by atoms with van der Waals surface area (Å²) >= 11 is 6.46. The van der Waals surface area contributed by atoms with Crippen LogP contribution in [0.15, 0.2) is 46.4 Å². The minimum Gasteiger partial charge on any atom is -1.00 e. The van der Waals surface area contributed by atoms with Crippen LogP contribution in [0, 0.1) is 0 Å². The van der Waals surface area contributed by atoms with Crippen molar-refractivity contribution in [3.8, 4) is 0 Å². The average molecular weight is 645 g/mol. The maximum Gasteiger partial charge on any atom is 3.00 e. The van der Waals surface area contributed by atoms with E-state index in [4.69, 9.17) is 26.6 Å². The molecule has 0 amide bonds. The van der Waals surface area contributed by atoms with Gasteiger partial charge in [-0.25, -0.2) is 4.98 Å². The molecule has 0 fully saturated rings. The first-order chi connectivity index (χ1) is 17.0. The summed E-state index contributed by atoms with van der Waals surface area (Å²) in [6.07, 6.45) is 9.51. The Bertz CT molecular complexity index is 1100. The number of pyridine rings is 1. The molecule has 1 aromatic heterocycles. The zero-order valence-electron chi connectivity index (χ0n) is 23.7. The Kier molecular flexibility index (Phi) is 20.1. The van der Waals surface area contributed by atoms with Gasteiger partial charge in [-0.15, -0.1) is 0 Å². The van der Waals surface area contributed by atoms with Crippen LogP contribution in [-0.4, -0.2) is 17.4 Å². The van der Waals surface area contributed by atoms with Gasteiger partial charge in [0.2, 0.25) is 0 Å². The van der Waals surface area contributed by atoms with Crippen LogP contribution in [0.4, 0.5) is 11.4 Å². The largest absolute Gasteiger partial charge is 3.00 e. The molecule has 0 radical (unpaired) electrons. The molecule has 210 valence electrons. The number of hydrogen-bond acceptors (Lipinski definition) is 3. The third-order valence-corrected chi connectivity index (χ3v) is 6.70. The molecule has 0 saturated heterocycles. The summed E-state index contributed by atoms with van der Waals surface area (Å²) in [4.78, 5) is 14.5. The van der Waals surface area contributed by atoms with Crippen molar-refractivity contribution in [3.63, 3.8) is 0 Å². The van der Waals surface area contributed by atoms with Crippen LogP contribution in [0.5, 0.6) is 0 Å². The number of hydrogen-bond donors (Lipinski definition) is 0. The minimum absolute atomic E-state index is 0. The summed E-state index contributed by atoms with van der Waals surface area (Å²) in [5.41, 5.74) is 11.4. The fraction of sp³-hybridized carbons (Fsp3) is 0.387. The van der Waals surface area contributed by atoms with Crippen molar-refractivity contribution >= 4 is 35.4 Å². The van der Waals surface area contributed by atoms with Crippen molar-refractivity contribution in [1.29, 1.82) is 0 Å². The van der Waals surface area contributed by atoms with Gasteiger partial charge in [0.1, 0.15) is 0 Å². The van der Waals surface area contributed by atoms with E-state index in [9.17, 15) is 0 Å². The average Bonchev–Trinajstić information content (AvgIpc) is 2.89. The second kappa shape index (κ2) is 19.7. The first-order valence-electron chi connectivity index (χ1n) is 13.0. The van der Waals surface area contributed by atoms with E-state index in [1.807, 2.05) is 24.6 Å². The molecule has 0 atom stereocenters. The van der Waals surface area contributed by atoms with E-state index < -0.39 is 0 Å². The summed E-state index contributed by atoms with van der Waals surface area (Å²) in [6, 6.07) is 12.8. The number of nitrogens with zero attached hydrogens (tertiary/aromatic N) is 3. The predicted molar refractivity (Wildman–Crippen MR) is 153 cm³/mol. The number of benzene rings is 2. The topological polar surface area (TPSA) is 37.6 Å². The van der Waals surface area contributed by atoms with E-state index in [1.54, 1.807) is 0 Å². The van der Waals surface area contributed by atoms with Crippen LogP contribution in [0.25, 0.3) is 0 Å². The van der Waals surface area contributed by atoms with Gasteiger partial charge >= 0.3 is 18.6 Å². The van der Waals surface area contributed by atoms with Gasteiger partial charge < -0.3 is 37.2 Å². The number of rotatable bonds is 10. The number of aliphatic imine (C=N–C) groups is 2. The van der Waals surface area contributed by atoms with Gasteiger partial charge in [-0.1, -0.05) is 77.4 Å². The van der Waals surface area contributed by atoms with Gasteiger partial charge in [0.25, 0.3) is 0 Å². The summed E-state index contributed by atoms with van der Waals surface area (Å²) in [5, 5.41) is 0.628.